The van der Waals surface area contributed by atoms with Crippen LogP contribution in [0.4, 0.5) is 5.82 Å². The fraction of sp³-hybridized carbons (Fsp3) is 0.316. The number of aryl methyl sites for hydroxylation is 1. The highest BCUT2D eigenvalue weighted by molar-refractivity contribution is 9.10. The molecule has 128 valence electrons. The van der Waals surface area contributed by atoms with Gasteiger partial charge in [-0.15, -0.1) is 0 Å². The number of anilines is 1. The van der Waals surface area contributed by atoms with Crippen molar-refractivity contribution in [2.45, 2.75) is 26.3 Å². The Bertz CT molecular complexity index is 911. The molecule has 0 bridgehead atoms. The van der Waals surface area contributed by atoms with E-state index in [1.165, 1.54) is 18.4 Å². The van der Waals surface area contributed by atoms with Crippen LogP contribution >= 0.6 is 15.9 Å². The molecule has 5 nitrogen and oxygen atoms in total. The van der Waals surface area contributed by atoms with Gasteiger partial charge < -0.3 is 10.1 Å². The van der Waals surface area contributed by atoms with E-state index < -0.39 is 0 Å². The SMILES string of the molecule is Cc1nc(NCc2cccc(Br)c2)c2cc(OCC3CC3)ncc2n1. The van der Waals surface area contributed by atoms with Gasteiger partial charge in [-0.25, -0.2) is 15.0 Å². The second kappa shape index (κ2) is 6.96. The van der Waals surface area contributed by atoms with Crippen LogP contribution in [0.1, 0.15) is 24.2 Å². The van der Waals surface area contributed by atoms with Crippen LogP contribution in [0.15, 0.2) is 41.0 Å². The lowest BCUT2D eigenvalue weighted by atomic mass is 10.2. The molecule has 4 rings (SSSR count). The van der Waals surface area contributed by atoms with Gasteiger partial charge in [0.25, 0.3) is 0 Å². The van der Waals surface area contributed by atoms with Crippen LogP contribution in [0.2, 0.25) is 0 Å². The second-order valence-corrected chi connectivity index (χ2v) is 7.31. The maximum absolute atomic E-state index is 5.80. The number of pyridine rings is 1. The lowest BCUT2D eigenvalue weighted by Gasteiger charge is -2.11. The molecule has 0 atom stereocenters. The maximum atomic E-state index is 5.80. The van der Waals surface area contributed by atoms with E-state index in [1.54, 1.807) is 6.20 Å². The standard InChI is InChI=1S/C19H19BrN4O/c1-12-23-17-10-21-18(25-11-13-5-6-13)8-16(17)19(24-12)22-9-14-3-2-4-15(20)7-14/h2-4,7-8,10,13H,5-6,9,11H2,1H3,(H,22,23,24). The third kappa shape index (κ3) is 4.07. The van der Waals surface area contributed by atoms with E-state index in [-0.39, 0.29) is 0 Å². The van der Waals surface area contributed by atoms with Crippen LogP contribution < -0.4 is 10.1 Å². The number of nitrogens with one attached hydrogen (secondary N) is 1. The van der Waals surface area contributed by atoms with E-state index in [4.69, 9.17) is 4.74 Å². The van der Waals surface area contributed by atoms with Crippen LogP contribution in [0.25, 0.3) is 10.9 Å². The highest BCUT2D eigenvalue weighted by atomic mass is 79.9. The first-order valence-electron chi connectivity index (χ1n) is 8.43. The summed E-state index contributed by atoms with van der Waals surface area (Å²) in [5.74, 6) is 2.86. The Morgan fingerprint density at radius 2 is 2.12 bits per heavy atom. The summed E-state index contributed by atoms with van der Waals surface area (Å²) >= 11 is 3.51. The van der Waals surface area contributed by atoms with Gasteiger partial charge in [0.1, 0.15) is 11.6 Å². The molecule has 0 spiro atoms. The van der Waals surface area contributed by atoms with Crippen LogP contribution in [0, 0.1) is 12.8 Å². The quantitative estimate of drug-likeness (QED) is 0.662. The van der Waals surface area contributed by atoms with Gasteiger partial charge in [0.15, 0.2) is 0 Å². The summed E-state index contributed by atoms with van der Waals surface area (Å²) in [6, 6.07) is 10.1. The molecule has 2 heterocycles. The predicted octanol–water partition coefficient (Wildman–Crippen LogP) is 4.50. The molecular weight excluding hydrogens is 380 g/mol. The fourth-order valence-corrected chi connectivity index (χ4v) is 3.11. The summed E-state index contributed by atoms with van der Waals surface area (Å²) in [5, 5.41) is 4.35. The summed E-state index contributed by atoms with van der Waals surface area (Å²) < 4.78 is 6.87. The number of fused-ring (bicyclic) bond motifs is 1. The third-order valence-corrected chi connectivity index (χ3v) is 4.67. The second-order valence-electron chi connectivity index (χ2n) is 6.40. The first-order valence-corrected chi connectivity index (χ1v) is 9.22. The molecular formula is C19H19BrN4O. The number of hydrogen-bond donors (Lipinski definition) is 1. The Labute approximate surface area is 155 Å². The van der Waals surface area contributed by atoms with Gasteiger partial charge in [-0.05, 0) is 43.4 Å². The lowest BCUT2D eigenvalue weighted by molar-refractivity contribution is 0.289. The first kappa shape index (κ1) is 16.3. The largest absolute Gasteiger partial charge is 0.477 e. The zero-order valence-electron chi connectivity index (χ0n) is 14.0. The molecule has 0 saturated heterocycles. The van der Waals surface area contributed by atoms with Crippen LogP contribution in [-0.4, -0.2) is 21.6 Å². The Hall–Kier alpha value is -2.21. The topological polar surface area (TPSA) is 59.9 Å². The number of halogens is 1. The van der Waals surface area contributed by atoms with Crippen molar-refractivity contribution in [3.05, 3.63) is 52.4 Å². The molecule has 3 aromatic rings. The van der Waals surface area contributed by atoms with Gasteiger partial charge in [0.2, 0.25) is 5.88 Å². The Morgan fingerprint density at radius 3 is 2.92 bits per heavy atom. The minimum Gasteiger partial charge on any atom is -0.477 e. The Balaban J connectivity index is 1.59. The zero-order valence-corrected chi connectivity index (χ0v) is 15.6. The van der Waals surface area contributed by atoms with E-state index in [0.717, 1.165) is 33.6 Å². The molecule has 2 aromatic heterocycles. The summed E-state index contributed by atoms with van der Waals surface area (Å²) in [6.45, 7) is 3.32. The molecule has 1 aromatic carbocycles. The van der Waals surface area contributed by atoms with E-state index >= 15 is 0 Å². The van der Waals surface area contributed by atoms with E-state index in [9.17, 15) is 0 Å². The summed E-state index contributed by atoms with van der Waals surface area (Å²) in [4.78, 5) is 13.4. The van der Waals surface area contributed by atoms with Crippen LogP contribution in [0.3, 0.4) is 0 Å². The third-order valence-electron chi connectivity index (χ3n) is 4.18. The smallest absolute Gasteiger partial charge is 0.214 e. The summed E-state index contributed by atoms with van der Waals surface area (Å²) in [7, 11) is 0. The summed E-state index contributed by atoms with van der Waals surface area (Å²) in [5.41, 5.74) is 2.00. The molecule has 0 aliphatic heterocycles. The first-order chi connectivity index (χ1) is 12.2. The monoisotopic (exact) mass is 398 g/mol. The molecule has 1 aliphatic rings. The van der Waals surface area contributed by atoms with Crippen molar-refractivity contribution in [3.8, 4) is 5.88 Å². The van der Waals surface area contributed by atoms with E-state index in [1.807, 2.05) is 25.1 Å². The molecule has 1 fully saturated rings. The van der Waals surface area contributed by atoms with Crippen molar-refractivity contribution >= 4 is 32.7 Å². The van der Waals surface area contributed by atoms with Crippen LogP contribution in [0.5, 0.6) is 5.88 Å². The number of rotatable bonds is 6. The average Bonchev–Trinajstić information content (AvgIpc) is 3.42. The van der Waals surface area contributed by atoms with Gasteiger partial charge in [0.05, 0.1) is 18.3 Å². The summed E-state index contributed by atoms with van der Waals surface area (Å²) in [6.07, 6.45) is 4.28. The molecule has 1 aliphatic carbocycles. The molecule has 0 radical (unpaired) electrons. The number of ether oxygens (including phenoxy) is 1. The molecule has 0 unspecified atom stereocenters. The highest BCUT2D eigenvalue weighted by Crippen LogP contribution is 2.30. The Morgan fingerprint density at radius 1 is 1.24 bits per heavy atom. The maximum Gasteiger partial charge on any atom is 0.214 e. The van der Waals surface area contributed by atoms with Gasteiger partial charge in [-0.3, -0.25) is 0 Å². The van der Waals surface area contributed by atoms with Crippen molar-refractivity contribution in [1.82, 2.24) is 15.0 Å². The van der Waals surface area contributed by atoms with Gasteiger partial charge in [-0.2, -0.15) is 0 Å². The predicted molar refractivity (Wildman–Crippen MR) is 102 cm³/mol. The minimum absolute atomic E-state index is 0.636. The number of benzene rings is 1. The molecule has 0 amide bonds. The van der Waals surface area contributed by atoms with Crippen molar-refractivity contribution in [1.29, 1.82) is 0 Å². The molecule has 25 heavy (non-hydrogen) atoms. The van der Waals surface area contributed by atoms with Crippen molar-refractivity contribution < 1.29 is 4.74 Å². The highest BCUT2D eigenvalue weighted by Gasteiger charge is 2.22. The zero-order chi connectivity index (χ0) is 17.2. The number of nitrogens with zero attached hydrogens (tertiary/aromatic N) is 3. The normalized spacial score (nSPS) is 13.8. The number of hydrogen-bond acceptors (Lipinski definition) is 5. The van der Waals surface area contributed by atoms with Crippen molar-refractivity contribution in [3.63, 3.8) is 0 Å². The lowest BCUT2D eigenvalue weighted by Crippen LogP contribution is -2.05. The minimum atomic E-state index is 0.636. The number of aromatic nitrogens is 3. The average molecular weight is 399 g/mol. The van der Waals surface area contributed by atoms with Gasteiger partial charge in [0, 0.05) is 22.5 Å². The van der Waals surface area contributed by atoms with E-state index in [2.05, 4.69) is 48.3 Å². The Kier molecular flexibility index (Phi) is 4.53. The molecule has 1 saturated carbocycles. The van der Waals surface area contributed by atoms with E-state index in [0.29, 0.717) is 18.3 Å². The molecule has 1 N–H and O–H groups in total. The van der Waals surface area contributed by atoms with Crippen LogP contribution in [-0.2, 0) is 6.54 Å². The van der Waals surface area contributed by atoms with Gasteiger partial charge >= 0.3 is 0 Å². The van der Waals surface area contributed by atoms with Crippen molar-refractivity contribution in [2.24, 2.45) is 5.92 Å². The van der Waals surface area contributed by atoms with Crippen molar-refractivity contribution in [2.75, 3.05) is 11.9 Å². The van der Waals surface area contributed by atoms with Gasteiger partial charge in [-0.1, -0.05) is 28.1 Å². The fourth-order valence-electron chi connectivity index (χ4n) is 2.66. The molecule has 6 heteroatoms.